The van der Waals surface area contributed by atoms with E-state index in [1.165, 1.54) is 36.4 Å². The summed E-state index contributed by atoms with van der Waals surface area (Å²) in [4.78, 5) is 38.8. The van der Waals surface area contributed by atoms with Gasteiger partial charge >= 0.3 is 12.6 Å². The molecule has 3 rings (SSSR count). The molecule has 1 heterocycles. The van der Waals surface area contributed by atoms with Crippen LogP contribution >= 0.6 is 0 Å². The summed E-state index contributed by atoms with van der Waals surface area (Å²) in [5, 5.41) is 0. The van der Waals surface area contributed by atoms with E-state index in [-0.39, 0.29) is 41.5 Å². The number of ether oxygens (including phenoxy) is 3. The topological polar surface area (TPSA) is 82.1 Å². The zero-order valence-corrected chi connectivity index (χ0v) is 19.0. The average molecular weight is 475 g/mol. The van der Waals surface area contributed by atoms with Crippen molar-refractivity contribution < 1.29 is 37.4 Å². The normalized spacial score (nSPS) is 17.9. The number of rotatable bonds is 9. The molecule has 1 aliphatic rings. The predicted molar refractivity (Wildman–Crippen MR) is 119 cm³/mol. The molecule has 1 amide bonds. The molecule has 2 aromatic carbocycles. The van der Waals surface area contributed by atoms with E-state index in [2.05, 4.69) is 4.74 Å². The van der Waals surface area contributed by atoms with Crippen molar-refractivity contribution in [1.29, 1.82) is 0 Å². The molecule has 0 N–H and O–H groups in total. The Bertz CT molecular complexity index is 983. The number of benzene rings is 2. The first-order chi connectivity index (χ1) is 16.2. The number of amides is 1. The van der Waals surface area contributed by atoms with Gasteiger partial charge in [0, 0.05) is 17.6 Å². The number of likely N-dealkylation sites (tertiary alicyclic amines) is 1. The standard InChI is InChI=1S/C25H27F2NO6/c1-16-4-3-5-17(2)28(16)23(30)15-32-20-10-8-19(9-11-20)24(31)33-14-22(29)18-6-12-21(13-7-18)34-25(26)27/h6-13,16-17,25H,3-5,14-15H2,1-2H3. The number of esters is 1. The van der Waals surface area contributed by atoms with Crippen molar-refractivity contribution in [2.24, 2.45) is 0 Å². The lowest BCUT2D eigenvalue weighted by molar-refractivity contribution is -0.139. The first-order valence-electron chi connectivity index (χ1n) is 11.0. The number of Topliss-reactive ketones (excluding diaryl/α,β-unsaturated/α-hetero) is 1. The molecule has 1 saturated heterocycles. The van der Waals surface area contributed by atoms with Gasteiger partial charge in [-0.1, -0.05) is 0 Å². The molecule has 34 heavy (non-hydrogen) atoms. The Morgan fingerprint density at radius 1 is 0.882 bits per heavy atom. The first-order valence-corrected chi connectivity index (χ1v) is 11.0. The van der Waals surface area contributed by atoms with Crippen LogP contribution in [0.3, 0.4) is 0 Å². The van der Waals surface area contributed by atoms with E-state index in [0.29, 0.717) is 5.75 Å². The van der Waals surface area contributed by atoms with Crippen LogP contribution in [-0.2, 0) is 9.53 Å². The molecule has 2 unspecified atom stereocenters. The fraction of sp³-hybridized carbons (Fsp3) is 0.400. The van der Waals surface area contributed by atoms with Gasteiger partial charge in [0.05, 0.1) is 5.56 Å². The number of carbonyl (C=O) groups is 3. The number of carbonyl (C=O) groups excluding carboxylic acids is 3. The van der Waals surface area contributed by atoms with Crippen LogP contribution in [0, 0.1) is 0 Å². The molecule has 0 radical (unpaired) electrons. The molecule has 182 valence electrons. The van der Waals surface area contributed by atoms with Crippen molar-refractivity contribution in [2.45, 2.75) is 51.8 Å². The summed E-state index contributed by atoms with van der Waals surface area (Å²) >= 11 is 0. The highest BCUT2D eigenvalue weighted by molar-refractivity contribution is 5.99. The number of ketones is 1. The second kappa shape index (κ2) is 11.6. The third kappa shape index (κ3) is 6.76. The minimum absolute atomic E-state index is 0.0736. The maximum absolute atomic E-state index is 12.6. The monoisotopic (exact) mass is 475 g/mol. The van der Waals surface area contributed by atoms with Crippen LogP contribution in [0.25, 0.3) is 0 Å². The summed E-state index contributed by atoms with van der Waals surface area (Å²) < 4.78 is 39.2. The molecular weight excluding hydrogens is 448 g/mol. The van der Waals surface area contributed by atoms with Crippen molar-refractivity contribution >= 4 is 17.7 Å². The van der Waals surface area contributed by atoms with Crippen LogP contribution in [0.1, 0.15) is 53.8 Å². The smallest absolute Gasteiger partial charge is 0.387 e. The van der Waals surface area contributed by atoms with Crippen LogP contribution in [0.5, 0.6) is 11.5 Å². The van der Waals surface area contributed by atoms with Gasteiger partial charge in [-0.3, -0.25) is 9.59 Å². The van der Waals surface area contributed by atoms with Crippen LogP contribution < -0.4 is 9.47 Å². The Kier molecular flexibility index (Phi) is 8.56. The summed E-state index contributed by atoms with van der Waals surface area (Å²) in [6, 6.07) is 11.5. The summed E-state index contributed by atoms with van der Waals surface area (Å²) in [5.41, 5.74) is 0.408. The molecule has 0 bridgehead atoms. The van der Waals surface area contributed by atoms with Gasteiger partial charge in [-0.25, -0.2) is 4.79 Å². The minimum Gasteiger partial charge on any atom is -0.484 e. The van der Waals surface area contributed by atoms with Crippen molar-refractivity contribution in [3.05, 3.63) is 59.7 Å². The molecule has 1 aliphatic heterocycles. The van der Waals surface area contributed by atoms with Crippen molar-refractivity contribution in [3.8, 4) is 11.5 Å². The van der Waals surface area contributed by atoms with Crippen molar-refractivity contribution in [1.82, 2.24) is 4.90 Å². The Labute approximate surface area is 196 Å². The molecule has 2 aromatic rings. The third-order valence-corrected chi connectivity index (χ3v) is 5.67. The highest BCUT2D eigenvalue weighted by Crippen LogP contribution is 2.23. The van der Waals surface area contributed by atoms with Crippen LogP contribution in [0.2, 0.25) is 0 Å². The highest BCUT2D eigenvalue weighted by atomic mass is 19.3. The van der Waals surface area contributed by atoms with E-state index in [4.69, 9.17) is 9.47 Å². The molecule has 0 saturated carbocycles. The van der Waals surface area contributed by atoms with Gasteiger partial charge in [0.1, 0.15) is 11.5 Å². The average Bonchev–Trinajstić information content (AvgIpc) is 2.81. The Hall–Kier alpha value is -3.49. The maximum atomic E-state index is 12.6. The lowest BCUT2D eigenvalue weighted by Crippen LogP contribution is -2.49. The van der Waals surface area contributed by atoms with Crippen LogP contribution in [0.4, 0.5) is 8.78 Å². The molecule has 9 heteroatoms. The second-order valence-corrected chi connectivity index (χ2v) is 8.15. The number of nitrogens with zero attached hydrogens (tertiary/aromatic N) is 1. The van der Waals surface area contributed by atoms with Gasteiger partial charge < -0.3 is 19.1 Å². The zero-order valence-electron chi connectivity index (χ0n) is 19.0. The number of hydrogen-bond donors (Lipinski definition) is 0. The predicted octanol–water partition coefficient (Wildman–Crippen LogP) is 4.50. The summed E-state index contributed by atoms with van der Waals surface area (Å²) in [7, 11) is 0. The Balaban J connectivity index is 1.47. The first kappa shape index (κ1) is 25.1. The number of hydrogen-bond acceptors (Lipinski definition) is 6. The minimum atomic E-state index is -2.96. The maximum Gasteiger partial charge on any atom is 0.387 e. The third-order valence-electron chi connectivity index (χ3n) is 5.67. The summed E-state index contributed by atoms with van der Waals surface area (Å²) in [5.74, 6) is -0.909. The van der Waals surface area contributed by atoms with Gasteiger partial charge in [0.15, 0.2) is 19.0 Å². The quantitative estimate of drug-likeness (QED) is 0.393. The molecular formula is C25H27F2NO6. The van der Waals surface area contributed by atoms with E-state index in [0.717, 1.165) is 19.3 Å². The van der Waals surface area contributed by atoms with Crippen molar-refractivity contribution in [3.63, 3.8) is 0 Å². The van der Waals surface area contributed by atoms with Gasteiger partial charge in [-0.05, 0) is 81.6 Å². The Morgan fingerprint density at radius 3 is 2.03 bits per heavy atom. The van der Waals surface area contributed by atoms with Crippen LogP contribution in [-0.4, -0.2) is 54.5 Å². The second-order valence-electron chi connectivity index (χ2n) is 8.15. The lowest BCUT2D eigenvalue weighted by Gasteiger charge is -2.38. The van der Waals surface area contributed by atoms with E-state index >= 15 is 0 Å². The molecule has 1 fully saturated rings. The van der Waals surface area contributed by atoms with Crippen LogP contribution in [0.15, 0.2) is 48.5 Å². The number of piperidine rings is 1. The summed E-state index contributed by atoms with van der Waals surface area (Å²) in [6.45, 7) is 0.522. The number of alkyl halides is 2. The SMILES string of the molecule is CC1CCCC(C)N1C(=O)COc1ccc(C(=O)OCC(=O)c2ccc(OC(F)F)cc2)cc1. The van der Waals surface area contributed by atoms with Gasteiger partial charge in [-0.2, -0.15) is 8.78 Å². The zero-order chi connectivity index (χ0) is 24.7. The van der Waals surface area contributed by atoms with E-state index in [1.807, 2.05) is 18.7 Å². The molecule has 0 spiro atoms. The molecule has 2 atom stereocenters. The van der Waals surface area contributed by atoms with Gasteiger partial charge in [0.25, 0.3) is 5.91 Å². The largest absolute Gasteiger partial charge is 0.484 e. The molecule has 0 aliphatic carbocycles. The fourth-order valence-electron chi connectivity index (χ4n) is 3.94. The van der Waals surface area contributed by atoms with Gasteiger partial charge in [-0.15, -0.1) is 0 Å². The van der Waals surface area contributed by atoms with E-state index in [9.17, 15) is 23.2 Å². The summed E-state index contributed by atoms with van der Waals surface area (Å²) in [6.07, 6.45) is 3.07. The highest BCUT2D eigenvalue weighted by Gasteiger charge is 2.29. The van der Waals surface area contributed by atoms with E-state index in [1.54, 1.807) is 12.1 Å². The lowest BCUT2D eigenvalue weighted by atomic mass is 9.97. The molecule has 7 nitrogen and oxygen atoms in total. The van der Waals surface area contributed by atoms with Gasteiger partial charge in [0.2, 0.25) is 0 Å². The number of halogens is 2. The Morgan fingerprint density at radius 2 is 1.44 bits per heavy atom. The molecule has 0 aromatic heterocycles. The van der Waals surface area contributed by atoms with E-state index < -0.39 is 25.0 Å². The van der Waals surface area contributed by atoms with Crippen molar-refractivity contribution in [2.75, 3.05) is 13.2 Å². The fourth-order valence-corrected chi connectivity index (χ4v) is 3.94.